The van der Waals surface area contributed by atoms with Crippen molar-refractivity contribution in [3.05, 3.63) is 56.5 Å². The quantitative estimate of drug-likeness (QED) is 0.895. The third kappa shape index (κ3) is 3.36. The Morgan fingerprint density at radius 2 is 2.14 bits per heavy atom. The van der Waals surface area contributed by atoms with Crippen molar-refractivity contribution in [1.82, 2.24) is 10.2 Å². The highest BCUT2D eigenvalue weighted by Gasteiger charge is 2.22. The normalized spacial score (nSPS) is 13.9. The molecule has 0 aliphatic carbocycles. The van der Waals surface area contributed by atoms with Gasteiger partial charge in [-0.05, 0) is 35.7 Å². The lowest BCUT2D eigenvalue weighted by atomic mass is 10.1. The number of halogens is 2. The number of hydrogen-bond acceptors (Lipinski definition) is 2. The van der Waals surface area contributed by atoms with Crippen molar-refractivity contribution in [2.75, 3.05) is 6.54 Å². The fourth-order valence-corrected chi connectivity index (χ4v) is 3.66. The summed E-state index contributed by atoms with van der Waals surface area (Å²) in [5.74, 6) is -0.275. The fourth-order valence-electron chi connectivity index (χ4n) is 2.36. The molecule has 1 N–H and O–H groups in total. The topological polar surface area (TPSA) is 32.3 Å². The van der Waals surface area contributed by atoms with Gasteiger partial charge in [0.25, 0.3) is 0 Å². The summed E-state index contributed by atoms with van der Waals surface area (Å²) in [5.41, 5.74) is 2.01. The van der Waals surface area contributed by atoms with Crippen LogP contribution >= 0.6 is 22.9 Å². The number of fused-ring (bicyclic) bond motifs is 1. The highest BCUT2D eigenvalue weighted by Crippen LogP contribution is 2.31. The predicted octanol–water partition coefficient (Wildman–Crippen LogP) is 3.81. The van der Waals surface area contributed by atoms with Crippen LogP contribution in [0.5, 0.6) is 0 Å². The molecule has 110 valence electrons. The van der Waals surface area contributed by atoms with Gasteiger partial charge >= 0.3 is 6.03 Å². The van der Waals surface area contributed by atoms with Crippen LogP contribution in [0.2, 0.25) is 4.34 Å². The molecule has 0 saturated carbocycles. The number of carbonyl (C=O) groups excluding carboxylic acids is 1. The predicted molar refractivity (Wildman–Crippen MR) is 82.1 cm³/mol. The Morgan fingerprint density at radius 3 is 2.90 bits per heavy atom. The lowest BCUT2D eigenvalue weighted by molar-refractivity contribution is 0.192. The van der Waals surface area contributed by atoms with Gasteiger partial charge in [0.1, 0.15) is 5.82 Å². The van der Waals surface area contributed by atoms with Crippen molar-refractivity contribution in [3.63, 3.8) is 0 Å². The van der Waals surface area contributed by atoms with Crippen molar-refractivity contribution in [2.45, 2.75) is 19.5 Å². The number of nitrogens with zero attached hydrogens (tertiary/aromatic N) is 1. The van der Waals surface area contributed by atoms with Crippen molar-refractivity contribution >= 4 is 29.0 Å². The molecule has 6 heteroatoms. The first kappa shape index (κ1) is 14.4. The van der Waals surface area contributed by atoms with Gasteiger partial charge in [0.15, 0.2) is 0 Å². The zero-order valence-electron chi connectivity index (χ0n) is 11.2. The summed E-state index contributed by atoms with van der Waals surface area (Å²) in [6.07, 6.45) is 0.844. The van der Waals surface area contributed by atoms with Crippen LogP contribution in [0.4, 0.5) is 9.18 Å². The van der Waals surface area contributed by atoms with E-state index in [2.05, 4.69) is 5.32 Å². The molecule has 2 amide bonds. The first-order valence-corrected chi connectivity index (χ1v) is 7.85. The van der Waals surface area contributed by atoms with Crippen LogP contribution < -0.4 is 5.32 Å². The average Bonchev–Trinajstić information content (AvgIpc) is 2.85. The van der Waals surface area contributed by atoms with Crippen molar-refractivity contribution < 1.29 is 9.18 Å². The minimum absolute atomic E-state index is 0.104. The number of carbonyl (C=O) groups is 1. The van der Waals surface area contributed by atoms with Gasteiger partial charge in [-0.1, -0.05) is 23.7 Å². The Labute approximate surface area is 131 Å². The van der Waals surface area contributed by atoms with E-state index < -0.39 is 0 Å². The SMILES string of the molecule is O=C(NCc1ccc(F)cc1)N1CCc2sc(Cl)cc2C1. The van der Waals surface area contributed by atoms with Gasteiger partial charge in [-0.15, -0.1) is 11.3 Å². The van der Waals surface area contributed by atoms with E-state index in [-0.39, 0.29) is 11.8 Å². The van der Waals surface area contributed by atoms with E-state index in [0.717, 1.165) is 21.9 Å². The minimum Gasteiger partial charge on any atom is -0.334 e. The Kier molecular flexibility index (Phi) is 4.12. The number of amides is 2. The molecule has 1 aliphatic heterocycles. The van der Waals surface area contributed by atoms with Gasteiger partial charge < -0.3 is 10.2 Å². The summed E-state index contributed by atoms with van der Waals surface area (Å²) in [6.45, 7) is 1.68. The maximum absolute atomic E-state index is 12.8. The monoisotopic (exact) mass is 324 g/mol. The molecule has 0 radical (unpaired) electrons. The van der Waals surface area contributed by atoms with E-state index in [4.69, 9.17) is 11.6 Å². The van der Waals surface area contributed by atoms with E-state index in [1.165, 1.54) is 17.0 Å². The van der Waals surface area contributed by atoms with Crippen LogP contribution in [0.25, 0.3) is 0 Å². The van der Waals surface area contributed by atoms with Gasteiger partial charge in [-0.3, -0.25) is 0 Å². The molecule has 0 atom stereocenters. The Hall–Kier alpha value is -1.59. The van der Waals surface area contributed by atoms with Crippen molar-refractivity contribution in [1.29, 1.82) is 0 Å². The number of rotatable bonds is 2. The zero-order valence-corrected chi connectivity index (χ0v) is 12.8. The second-order valence-corrected chi connectivity index (χ2v) is 6.72. The third-order valence-corrected chi connectivity index (χ3v) is 4.85. The largest absolute Gasteiger partial charge is 0.334 e. The van der Waals surface area contributed by atoms with Crippen LogP contribution in [0.3, 0.4) is 0 Å². The molecule has 0 fully saturated rings. The zero-order chi connectivity index (χ0) is 14.8. The molecule has 0 saturated heterocycles. The Balaban J connectivity index is 1.58. The number of thiophene rings is 1. The second-order valence-electron chi connectivity index (χ2n) is 4.96. The molecule has 0 spiro atoms. The number of nitrogens with one attached hydrogen (secondary N) is 1. The summed E-state index contributed by atoms with van der Waals surface area (Å²) in [4.78, 5) is 15.2. The third-order valence-electron chi connectivity index (χ3n) is 3.48. The molecule has 1 aromatic heterocycles. The van der Waals surface area contributed by atoms with E-state index in [9.17, 15) is 9.18 Å². The summed E-state index contributed by atoms with van der Waals surface area (Å²) in [5, 5.41) is 2.86. The lowest BCUT2D eigenvalue weighted by Gasteiger charge is -2.27. The molecule has 21 heavy (non-hydrogen) atoms. The summed E-state index contributed by atoms with van der Waals surface area (Å²) >= 11 is 7.59. The first-order valence-electron chi connectivity index (χ1n) is 6.66. The molecular weight excluding hydrogens is 311 g/mol. The van der Waals surface area contributed by atoms with Crippen LogP contribution in [0, 0.1) is 5.82 Å². The van der Waals surface area contributed by atoms with Crippen LogP contribution in [-0.2, 0) is 19.5 Å². The van der Waals surface area contributed by atoms with Crippen LogP contribution in [0.1, 0.15) is 16.0 Å². The maximum Gasteiger partial charge on any atom is 0.317 e. The molecule has 3 rings (SSSR count). The van der Waals surface area contributed by atoms with E-state index in [0.29, 0.717) is 19.6 Å². The van der Waals surface area contributed by atoms with Gasteiger partial charge in [0.2, 0.25) is 0 Å². The summed E-state index contributed by atoms with van der Waals surface area (Å²) in [7, 11) is 0. The minimum atomic E-state index is -0.275. The molecule has 2 aromatic rings. The maximum atomic E-state index is 12.8. The second kappa shape index (κ2) is 6.03. The van der Waals surface area contributed by atoms with Gasteiger partial charge in [0, 0.05) is 24.5 Å². The molecular formula is C15H14ClFN2OS. The number of benzene rings is 1. The van der Waals surface area contributed by atoms with E-state index in [1.807, 2.05) is 6.07 Å². The molecule has 3 nitrogen and oxygen atoms in total. The first-order chi connectivity index (χ1) is 10.1. The Morgan fingerprint density at radius 1 is 1.38 bits per heavy atom. The fraction of sp³-hybridized carbons (Fsp3) is 0.267. The number of urea groups is 1. The van der Waals surface area contributed by atoms with Gasteiger partial charge in [-0.25, -0.2) is 9.18 Å². The number of hydrogen-bond donors (Lipinski definition) is 1. The highest BCUT2D eigenvalue weighted by molar-refractivity contribution is 7.16. The van der Waals surface area contributed by atoms with Crippen LogP contribution in [0.15, 0.2) is 30.3 Å². The van der Waals surface area contributed by atoms with Crippen molar-refractivity contribution in [3.8, 4) is 0 Å². The van der Waals surface area contributed by atoms with Gasteiger partial charge in [0.05, 0.1) is 4.34 Å². The molecule has 1 aliphatic rings. The Bertz CT molecular complexity index is 656. The molecule has 1 aromatic carbocycles. The van der Waals surface area contributed by atoms with Crippen molar-refractivity contribution in [2.24, 2.45) is 0 Å². The average molecular weight is 325 g/mol. The standard InChI is InChI=1S/C15H14ClFN2OS/c16-14-7-11-9-19(6-5-13(11)21-14)15(20)18-8-10-1-3-12(17)4-2-10/h1-4,7H,5-6,8-9H2,(H,18,20). The lowest BCUT2D eigenvalue weighted by Crippen LogP contribution is -2.42. The highest BCUT2D eigenvalue weighted by atomic mass is 35.5. The van der Waals surface area contributed by atoms with E-state index >= 15 is 0 Å². The summed E-state index contributed by atoms with van der Waals surface area (Å²) in [6, 6.07) is 7.95. The molecule has 0 bridgehead atoms. The molecule has 2 heterocycles. The smallest absolute Gasteiger partial charge is 0.317 e. The molecule has 0 unspecified atom stereocenters. The van der Waals surface area contributed by atoms with Crippen LogP contribution in [-0.4, -0.2) is 17.5 Å². The van der Waals surface area contributed by atoms with Gasteiger partial charge in [-0.2, -0.15) is 0 Å². The van der Waals surface area contributed by atoms with E-state index in [1.54, 1.807) is 28.4 Å². The summed E-state index contributed by atoms with van der Waals surface area (Å²) < 4.78 is 13.6.